The maximum Gasteiger partial charge on any atom is 0.119 e. The van der Waals surface area contributed by atoms with Crippen molar-refractivity contribution in [2.24, 2.45) is 0 Å². The van der Waals surface area contributed by atoms with Crippen LogP contribution in [-0.4, -0.2) is 7.11 Å². The van der Waals surface area contributed by atoms with E-state index in [1.165, 1.54) is 0 Å². The summed E-state index contributed by atoms with van der Waals surface area (Å²) < 4.78 is 5.17. The van der Waals surface area contributed by atoms with Crippen LogP contribution in [0.15, 0.2) is 30.4 Å². The lowest BCUT2D eigenvalue weighted by molar-refractivity contribution is 0.414. The van der Waals surface area contributed by atoms with E-state index in [0.717, 1.165) is 28.9 Å². The van der Waals surface area contributed by atoms with E-state index in [0.29, 0.717) is 0 Å². The lowest BCUT2D eigenvalue weighted by Gasteiger charge is -2.14. The van der Waals surface area contributed by atoms with Gasteiger partial charge in [-0.2, -0.15) is 5.26 Å². The van der Waals surface area contributed by atoms with Crippen molar-refractivity contribution < 1.29 is 4.74 Å². The van der Waals surface area contributed by atoms with Crippen molar-refractivity contribution in [2.75, 3.05) is 7.11 Å². The van der Waals surface area contributed by atoms with E-state index in [4.69, 9.17) is 10.00 Å². The Kier molecular flexibility index (Phi) is 2.55. The molecule has 2 rings (SSSR count). The van der Waals surface area contributed by atoms with Crippen LogP contribution in [0.5, 0.6) is 5.75 Å². The summed E-state index contributed by atoms with van der Waals surface area (Å²) in [5.41, 5.74) is 3.29. The summed E-state index contributed by atoms with van der Waals surface area (Å²) in [6, 6.07) is 7.99. The molecule has 2 heteroatoms. The highest BCUT2D eigenvalue weighted by Crippen LogP contribution is 2.31. The summed E-state index contributed by atoms with van der Waals surface area (Å²) in [6.45, 7) is 0. The summed E-state index contributed by atoms with van der Waals surface area (Å²) in [5.74, 6) is 0.827. The highest BCUT2D eigenvalue weighted by atomic mass is 16.5. The summed E-state index contributed by atoms with van der Waals surface area (Å²) >= 11 is 0. The number of nitrogens with zero attached hydrogens (tertiary/aromatic N) is 1. The fourth-order valence-corrected chi connectivity index (χ4v) is 1.72. The second kappa shape index (κ2) is 4.02. The zero-order chi connectivity index (χ0) is 10.7. The van der Waals surface area contributed by atoms with Crippen molar-refractivity contribution in [3.8, 4) is 11.8 Å². The van der Waals surface area contributed by atoms with E-state index in [-0.39, 0.29) is 0 Å². The fraction of sp³-hybridized carbons (Fsp3) is 0.154. The Balaban J connectivity index is 2.55. The van der Waals surface area contributed by atoms with Gasteiger partial charge in [0.05, 0.1) is 13.2 Å². The van der Waals surface area contributed by atoms with E-state index in [2.05, 4.69) is 18.2 Å². The Labute approximate surface area is 89.1 Å². The molecule has 0 aliphatic heterocycles. The van der Waals surface area contributed by atoms with Gasteiger partial charge in [0, 0.05) is 6.08 Å². The molecule has 15 heavy (non-hydrogen) atoms. The minimum Gasteiger partial charge on any atom is -0.497 e. The summed E-state index contributed by atoms with van der Waals surface area (Å²) in [6.07, 6.45) is 6.55. The molecule has 0 amide bonds. The lowest BCUT2D eigenvalue weighted by atomic mass is 9.92. The molecule has 0 N–H and O–H groups in total. The first-order chi connectivity index (χ1) is 7.35. The van der Waals surface area contributed by atoms with E-state index >= 15 is 0 Å². The third-order valence-corrected chi connectivity index (χ3v) is 2.48. The minimum atomic E-state index is 0.813. The Morgan fingerprint density at radius 3 is 3.07 bits per heavy atom. The van der Waals surface area contributed by atoms with Gasteiger partial charge in [0.2, 0.25) is 0 Å². The molecule has 1 aromatic rings. The number of benzene rings is 1. The third kappa shape index (κ3) is 1.77. The molecule has 1 aliphatic carbocycles. The number of nitriles is 1. The van der Waals surface area contributed by atoms with Crippen molar-refractivity contribution in [3.63, 3.8) is 0 Å². The Bertz CT molecular complexity index is 478. The number of hydrogen-bond acceptors (Lipinski definition) is 2. The molecule has 0 aromatic heterocycles. The zero-order valence-electron chi connectivity index (χ0n) is 8.53. The number of allylic oxidation sites excluding steroid dienone is 3. The highest BCUT2D eigenvalue weighted by molar-refractivity contribution is 5.80. The molecule has 0 saturated carbocycles. The van der Waals surface area contributed by atoms with Crippen molar-refractivity contribution in [2.45, 2.75) is 6.42 Å². The predicted octanol–water partition coefficient (Wildman–Crippen LogP) is 3.02. The van der Waals surface area contributed by atoms with Crippen LogP contribution in [0, 0.1) is 11.3 Å². The number of methoxy groups -OCH3 is 1. The molecular formula is C13H11NO. The lowest BCUT2D eigenvalue weighted by Crippen LogP contribution is -1.94. The first-order valence-electron chi connectivity index (χ1n) is 4.79. The molecule has 2 nitrogen and oxygen atoms in total. The maximum atomic E-state index is 8.69. The topological polar surface area (TPSA) is 33.0 Å². The largest absolute Gasteiger partial charge is 0.497 e. The average Bonchev–Trinajstić information content (AvgIpc) is 2.29. The molecule has 1 aromatic carbocycles. The molecule has 0 bridgehead atoms. The standard InChI is InChI=1S/C13H11NO/c1-15-12-6-5-10-3-2-4-11(7-8-14)13(10)9-12/h2-3,5-7,9H,4H2,1H3. The zero-order valence-corrected chi connectivity index (χ0v) is 8.53. The SMILES string of the molecule is COc1ccc2c(c1)C(=CC#N)CC=C2. The van der Waals surface area contributed by atoms with E-state index in [9.17, 15) is 0 Å². The van der Waals surface area contributed by atoms with Crippen LogP contribution in [0.25, 0.3) is 11.6 Å². The van der Waals surface area contributed by atoms with Gasteiger partial charge in [-0.05, 0) is 35.3 Å². The van der Waals surface area contributed by atoms with Crippen molar-refractivity contribution in [3.05, 3.63) is 41.5 Å². The van der Waals surface area contributed by atoms with Crippen LogP contribution in [0.1, 0.15) is 17.5 Å². The molecule has 1 aliphatic rings. The monoisotopic (exact) mass is 197 g/mol. The second-order valence-corrected chi connectivity index (χ2v) is 3.36. The molecule has 0 heterocycles. The predicted molar refractivity (Wildman–Crippen MR) is 60.2 cm³/mol. The van der Waals surface area contributed by atoms with Gasteiger partial charge >= 0.3 is 0 Å². The van der Waals surface area contributed by atoms with Crippen molar-refractivity contribution in [1.82, 2.24) is 0 Å². The average molecular weight is 197 g/mol. The second-order valence-electron chi connectivity index (χ2n) is 3.36. The van der Waals surface area contributed by atoms with E-state index < -0.39 is 0 Å². The Morgan fingerprint density at radius 2 is 2.33 bits per heavy atom. The molecule has 0 saturated heterocycles. The molecule has 0 unspecified atom stereocenters. The van der Waals surface area contributed by atoms with Crippen LogP contribution >= 0.6 is 0 Å². The number of fused-ring (bicyclic) bond motifs is 1. The van der Waals surface area contributed by atoms with Crippen LogP contribution < -0.4 is 4.74 Å². The Morgan fingerprint density at radius 1 is 1.47 bits per heavy atom. The Hall–Kier alpha value is -2.01. The highest BCUT2D eigenvalue weighted by Gasteiger charge is 2.10. The van der Waals surface area contributed by atoms with Gasteiger partial charge in [-0.1, -0.05) is 18.2 Å². The molecule has 0 atom stereocenters. The van der Waals surface area contributed by atoms with Crippen molar-refractivity contribution in [1.29, 1.82) is 5.26 Å². The van der Waals surface area contributed by atoms with Gasteiger partial charge in [-0.15, -0.1) is 0 Å². The molecule has 0 spiro atoms. The minimum absolute atomic E-state index is 0.813. The first-order valence-corrected chi connectivity index (χ1v) is 4.79. The summed E-state index contributed by atoms with van der Waals surface area (Å²) in [4.78, 5) is 0. The normalized spacial score (nSPS) is 15.9. The molecular weight excluding hydrogens is 186 g/mol. The maximum absolute atomic E-state index is 8.69. The fourth-order valence-electron chi connectivity index (χ4n) is 1.72. The first kappa shape index (κ1) is 9.54. The van der Waals surface area contributed by atoms with Crippen molar-refractivity contribution >= 4 is 11.6 Å². The van der Waals surface area contributed by atoms with E-state index in [1.807, 2.05) is 18.2 Å². The molecule has 74 valence electrons. The van der Waals surface area contributed by atoms with Gasteiger partial charge < -0.3 is 4.74 Å². The number of rotatable bonds is 1. The molecule has 0 fully saturated rings. The molecule has 0 radical (unpaired) electrons. The van der Waals surface area contributed by atoms with Crippen LogP contribution in [0.2, 0.25) is 0 Å². The van der Waals surface area contributed by atoms with Gasteiger partial charge in [-0.25, -0.2) is 0 Å². The van der Waals surface area contributed by atoms with E-state index in [1.54, 1.807) is 13.2 Å². The summed E-state index contributed by atoms with van der Waals surface area (Å²) in [5, 5.41) is 8.69. The quantitative estimate of drug-likeness (QED) is 0.648. The van der Waals surface area contributed by atoms with Gasteiger partial charge in [-0.3, -0.25) is 0 Å². The van der Waals surface area contributed by atoms with Crippen LogP contribution in [-0.2, 0) is 0 Å². The van der Waals surface area contributed by atoms with Gasteiger partial charge in [0.1, 0.15) is 5.75 Å². The smallest absolute Gasteiger partial charge is 0.119 e. The van der Waals surface area contributed by atoms with Crippen LogP contribution in [0.4, 0.5) is 0 Å². The number of ether oxygens (including phenoxy) is 1. The van der Waals surface area contributed by atoms with Gasteiger partial charge in [0.15, 0.2) is 0 Å². The summed E-state index contributed by atoms with van der Waals surface area (Å²) in [7, 11) is 1.65. The van der Waals surface area contributed by atoms with Gasteiger partial charge in [0.25, 0.3) is 0 Å². The third-order valence-electron chi connectivity index (χ3n) is 2.48. The van der Waals surface area contributed by atoms with Crippen LogP contribution in [0.3, 0.4) is 0 Å². The number of hydrogen-bond donors (Lipinski definition) is 0.